The summed E-state index contributed by atoms with van der Waals surface area (Å²) in [6.45, 7) is 8.51. The summed E-state index contributed by atoms with van der Waals surface area (Å²) in [7, 11) is 0. The Morgan fingerprint density at radius 2 is 2.08 bits per heavy atom. The van der Waals surface area contributed by atoms with Crippen LogP contribution in [0, 0.1) is 5.41 Å². The normalized spacial score (nSPS) is 26.2. The van der Waals surface area contributed by atoms with Gasteiger partial charge in [0.2, 0.25) is 0 Å². The van der Waals surface area contributed by atoms with E-state index in [4.69, 9.17) is 9.47 Å². The zero-order valence-electron chi connectivity index (χ0n) is 7.92. The maximum absolute atomic E-state index is 11.0. The molecule has 0 radical (unpaired) electrons. The topological polar surface area (TPSA) is 55.9 Å². The number of hydrogen-bond acceptors (Lipinski definition) is 4. The Balaban J connectivity index is 2.80. The third-order valence-corrected chi connectivity index (χ3v) is 1.86. The van der Waals surface area contributed by atoms with Gasteiger partial charge in [-0.25, -0.2) is 9.59 Å². The molecule has 1 heterocycles. The Kier molecular flexibility index (Phi) is 1.94. The lowest BCUT2D eigenvalue weighted by Crippen LogP contribution is -2.36. The molecule has 13 heavy (non-hydrogen) atoms. The second kappa shape index (κ2) is 2.58. The highest BCUT2D eigenvalue weighted by molar-refractivity contribution is 5.95. The van der Waals surface area contributed by atoms with Crippen LogP contribution in [0.25, 0.3) is 0 Å². The van der Waals surface area contributed by atoms with E-state index in [0.29, 0.717) is 0 Å². The predicted molar refractivity (Wildman–Crippen MR) is 44.6 cm³/mol. The lowest BCUT2D eigenvalue weighted by atomic mass is 9.89. The van der Waals surface area contributed by atoms with Gasteiger partial charge in [0.25, 0.3) is 0 Å². The maximum Gasteiger partial charge on any atom is 0.397 e. The van der Waals surface area contributed by atoms with Crippen LogP contribution >= 0.6 is 0 Å². The summed E-state index contributed by atoms with van der Waals surface area (Å²) in [6.07, 6.45) is 1.00. The lowest BCUT2D eigenvalue weighted by molar-refractivity contribution is -0.166. The van der Waals surface area contributed by atoms with E-state index in [1.807, 2.05) is 0 Å². The Labute approximate surface area is 76.5 Å². The Morgan fingerprint density at radius 3 is 2.31 bits per heavy atom. The largest absolute Gasteiger partial charge is 0.408 e. The summed E-state index contributed by atoms with van der Waals surface area (Å²) < 4.78 is 9.56. The first kappa shape index (κ1) is 9.77. The number of ether oxygens (including phenoxy) is 2. The van der Waals surface area contributed by atoms with Gasteiger partial charge in [-0.1, -0.05) is 27.4 Å². The fourth-order valence-electron chi connectivity index (χ4n) is 0.963. The SMILES string of the molecule is C=CC(=O)OC1(C(C)(C)C)OC1=O. The first-order valence-electron chi connectivity index (χ1n) is 3.92. The van der Waals surface area contributed by atoms with Crippen molar-refractivity contribution in [3.63, 3.8) is 0 Å². The molecule has 0 aromatic rings. The van der Waals surface area contributed by atoms with E-state index < -0.39 is 23.1 Å². The van der Waals surface area contributed by atoms with Crippen LogP contribution in [0.4, 0.5) is 0 Å². The van der Waals surface area contributed by atoms with Gasteiger partial charge in [-0.15, -0.1) is 0 Å². The van der Waals surface area contributed by atoms with E-state index >= 15 is 0 Å². The quantitative estimate of drug-likeness (QED) is 0.365. The monoisotopic (exact) mass is 184 g/mol. The molecule has 1 fully saturated rings. The lowest BCUT2D eigenvalue weighted by Gasteiger charge is -2.22. The van der Waals surface area contributed by atoms with E-state index in [1.165, 1.54) is 0 Å². The first-order valence-corrected chi connectivity index (χ1v) is 3.92. The van der Waals surface area contributed by atoms with Crippen molar-refractivity contribution in [2.45, 2.75) is 26.6 Å². The van der Waals surface area contributed by atoms with E-state index in [9.17, 15) is 9.59 Å². The van der Waals surface area contributed by atoms with Crippen LogP contribution in [0.5, 0.6) is 0 Å². The summed E-state index contributed by atoms with van der Waals surface area (Å²) in [5.74, 6) is -2.55. The molecular weight excluding hydrogens is 172 g/mol. The molecule has 1 aliphatic heterocycles. The maximum atomic E-state index is 11.0. The molecule has 72 valence electrons. The molecule has 0 N–H and O–H groups in total. The fraction of sp³-hybridized carbons (Fsp3) is 0.556. The molecule has 1 atom stereocenters. The van der Waals surface area contributed by atoms with Crippen LogP contribution < -0.4 is 0 Å². The molecule has 0 spiro atoms. The molecule has 4 nitrogen and oxygen atoms in total. The first-order chi connectivity index (χ1) is 5.83. The minimum absolute atomic E-state index is 0.504. The van der Waals surface area contributed by atoms with Gasteiger partial charge in [0.05, 0.1) is 5.41 Å². The molecule has 1 aliphatic rings. The van der Waals surface area contributed by atoms with Crippen molar-refractivity contribution in [2.24, 2.45) is 5.41 Å². The zero-order chi connectivity index (χ0) is 10.3. The van der Waals surface area contributed by atoms with Gasteiger partial charge < -0.3 is 9.47 Å². The van der Waals surface area contributed by atoms with Crippen LogP contribution in [-0.2, 0) is 19.1 Å². The van der Waals surface area contributed by atoms with Crippen molar-refractivity contribution in [3.8, 4) is 0 Å². The Bertz CT molecular complexity index is 274. The highest BCUT2D eigenvalue weighted by Crippen LogP contribution is 2.46. The molecule has 1 rings (SSSR count). The van der Waals surface area contributed by atoms with E-state index in [2.05, 4.69) is 6.58 Å². The molecule has 4 heteroatoms. The number of carbonyl (C=O) groups is 2. The Hall–Kier alpha value is -1.32. The smallest absolute Gasteiger partial charge is 0.397 e. The van der Waals surface area contributed by atoms with Crippen LogP contribution in [0.15, 0.2) is 12.7 Å². The van der Waals surface area contributed by atoms with E-state index in [0.717, 1.165) is 6.08 Å². The summed E-state index contributed by atoms with van der Waals surface area (Å²) in [6, 6.07) is 0. The minimum Gasteiger partial charge on any atom is -0.408 e. The number of esters is 1. The van der Waals surface area contributed by atoms with Gasteiger partial charge in [-0.2, -0.15) is 0 Å². The standard InChI is InChI=1S/C9H12O4/c1-5-6(10)12-9(7(11)13-9)8(2,3)4/h5H,1H2,2-4H3. The molecule has 1 unspecified atom stereocenters. The van der Waals surface area contributed by atoms with Crippen LogP contribution in [0.3, 0.4) is 0 Å². The van der Waals surface area contributed by atoms with E-state index in [1.54, 1.807) is 20.8 Å². The summed E-state index contributed by atoms with van der Waals surface area (Å²) in [4.78, 5) is 21.9. The van der Waals surface area contributed by atoms with Gasteiger partial charge in [-0.05, 0) is 0 Å². The number of cyclic esters (lactones) is 1. The average Bonchev–Trinajstić information content (AvgIpc) is 2.61. The molecule has 0 bridgehead atoms. The van der Waals surface area contributed by atoms with Crippen molar-refractivity contribution in [1.82, 2.24) is 0 Å². The number of rotatable bonds is 2. The molecule has 1 saturated heterocycles. The Morgan fingerprint density at radius 1 is 1.62 bits per heavy atom. The molecule has 0 aromatic carbocycles. The van der Waals surface area contributed by atoms with Gasteiger partial charge in [-0.3, -0.25) is 0 Å². The zero-order valence-corrected chi connectivity index (χ0v) is 7.92. The number of carbonyl (C=O) groups excluding carboxylic acids is 2. The predicted octanol–water partition coefficient (Wildman–Crippen LogP) is 1.01. The van der Waals surface area contributed by atoms with Crippen molar-refractivity contribution < 1.29 is 19.1 Å². The minimum atomic E-state index is -1.39. The van der Waals surface area contributed by atoms with Gasteiger partial charge in [0.1, 0.15) is 0 Å². The second-order valence-corrected chi connectivity index (χ2v) is 3.88. The molecule has 0 saturated carbocycles. The number of hydrogen-bond donors (Lipinski definition) is 0. The summed E-state index contributed by atoms with van der Waals surface area (Å²) in [5, 5.41) is 0. The van der Waals surface area contributed by atoms with Gasteiger partial charge >= 0.3 is 17.7 Å². The highest BCUT2D eigenvalue weighted by Gasteiger charge is 2.70. The molecule has 0 aliphatic carbocycles. The van der Waals surface area contributed by atoms with Gasteiger partial charge in [0, 0.05) is 6.08 Å². The summed E-state index contributed by atoms with van der Waals surface area (Å²) >= 11 is 0. The van der Waals surface area contributed by atoms with Crippen molar-refractivity contribution >= 4 is 11.9 Å². The summed E-state index contributed by atoms with van der Waals surface area (Å²) in [5.41, 5.74) is -0.553. The average molecular weight is 184 g/mol. The van der Waals surface area contributed by atoms with Gasteiger partial charge in [0.15, 0.2) is 0 Å². The highest BCUT2D eigenvalue weighted by atomic mass is 16.8. The third kappa shape index (κ3) is 1.43. The van der Waals surface area contributed by atoms with Crippen LogP contribution in [-0.4, -0.2) is 17.7 Å². The van der Waals surface area contributed by atoms with Crippen LogP contribution in [0.2, 0.25) is 0 Å². The van der Waals surface area contributed by atoms with Crippen molar-refractivity contribution in [1.29, 1.82) is 0 Å². The molecular formula is C9H12O4. The second-order valence-electron chi connectivity index (χ2n) is 3.88. The fourth-order valence-corrected chi connectivity index (χ4v) is 0.963. The van der Waals surface area contributed by atoms with Crippen molar-refractivity contribution in [3.05, 3.63) is 12.7 Å². The van der Waals surface area contributed by atoms with Crippen molar-refractivity contribution in [2.75, 3.05) is 0 Å². The molecule has 0 amide bonds. The number of epoxide rings is 1. The van der Waals surface area contributed by atoms with E-state index in [-0.39, 0.29) is 0 Å². The molecule has 0 aromatic heterocycles. The third-order valence-electron chi connectivity index (χ3n) is 1.86. The van der Waals surface area contributed by atoms with Crippen LogP contribution in [0.1, 0.15) is 20.8 Å².